The summed E-state index contributed by atoms with van der Waals surface area (Å²) in [5.41, 5.74) is 0. The van der Waals surface area contributed by atoms with E-state index in [1.165, 1.54) is 25.9 Å². The molecule has 1 aliphatic rings. The van der Waals surface area contributed by atoms with Gasteiger partial charge >= 0.3 is 0 Å². The van der Waals surface area contributed by atoms with Gasteiger partial charge in [0.2, 0.25) is 0 Å². The summed E-state index contributed by atoms with van der Waals surface area (Å²) in [6.45, 7) is 12.8. The molecule has 0 aromatic rings. The van der Waals surface area contributed by atoms with Crippen LogP contribution in [0.15, 0.2) is 0 Å². The molecule has 1 saturated heterocycles. The van der Waals surface area contributed by atoms with Gasteiger partial charge in [0.1, 0.15) is 6.29 Å². The van der Waals surface area contributed by atoms with Gasteiger partial charge < -0.3 is 9.69 Å². The Labute approximate surface area is 102 Å². The van der Waals surface area contributed by atoms with Crippen LogP contribution >= 0.6 is 0 Å². The van der Waals surface area contributed by atoms with Crippen LogP contribution in [0.2, 0.25) is 0 Å². The molecule has 0 saturated carbocycles. The molecule has 2 atom stereocenters. The molecule has 2 heteroatoms. The highest BCUT2D eigenvalue weighted by atomic mass is 16.1. The summed E-state index contributed by atoms with van der Waals surface area (Å²) >= 11 is 0. The average molecular weight is 229 g/mol. The van der Waals surface area contributed by atoms with Crippen LogP contribution in [0.25, 0.3) is 0 Å². The van der Waals surface area contributed by atoms with Crippen molar-refractivity contribution in [1.29, 1.82) is 0 Å². The maximum absolute atomic E-state index is 10.1. The van der Waals surface area contributed by atoms with Crippen LogP contribution in [-0.2, 0) is 4.79 Å². The minimum atomic E-state index is 0.236. The molecule has 98 valence electrons. The molecule has 0 aromatic heterocycles. The number of carbonyl (C=O) groups excluding carboxylic acids is 1. The molecule has 1 heterocycles. The van der Waals surface area contributed by atoms with E-state index in [0.29, 0.717) is 5.92 Å². The van der Waals surface area contributed by atoms with E-state index in [1.54, 1.807) is 0 Å². The molecule has 0 spiro atoms. The lowest BCUT2D eigenvalue weighted by Gasteiger charge is -2.09. The summed E-state index contributed by atoms with van der Waals surface area (Å²) in [7, 11) is 2.17. The zero-order chi connectivity index (χ0) is 13.0. The maximum Gasteiger partial charge on any atom is 0.123 e. The molecule has 2 nitrogen and oxygen atoms in total. The van der Waals surface area contributed by atoms with E-state index >= 15 is 0 Å². The lowest BCUT2D eigenvalue weighted by Crippen LogP contribution is -2.10. The molecule has 1 rings (SSSR count). The zero-order valence-electron chi connectivity index (χ0n) is 12.1. The van der Waals surface area contributed by atoms with Crippen molar-refractivity contribution in [1.82, 2.24) is 4.90 Å². The van der Waals surface area contributed by atoms with Crippen LogP contribution in [0, 0.1) is 11.8 Å². The van der Waals surface area contributed by atoms with Crippen molar-refractivity contribution in [2.45, 2.75) is 53.9 Å². The Morgan fingerprint density at radius 2 is 1.62 bits per heavy atom. The van der Waals surface area contributed by atoms with Crippen LogP contribution in [0.1, 0.15) is 53.9 Å². The van der Waals surface area contributed by atoms with Crippen LogP contribution in [0.3, 0.4) is 0 Å². The minimum Gasteiger partial charge on any atom is -0.306 e. The number of likely N-dealkylation sites (tertiary alicyclic amines) is 1. The lowest BCUT2D eigenvalue weighted by atomic mass is 9.95. The second-order valence-electron chi connectivity index (χ2n) is 4.39. The summed E-state index contributed by atoms with van der Waals surface area (Å²) in [5.74, 6) is 0.785. The van der Waals surface area contributed by atoms with Crippen molar-refractivity contribution < 1.29 is 4.79 Å². The molecule has 0 bridgehead atoms. The Kier molecular flexibility index (Phi) is 14.3. The topological polar surface area (TPSA) is 20.3 Å². The fourth-order valence-corrected chi connectivity index (χ4v) is 1.38. The van der Waals surface area contributed by atoms with Crippen molar-refractivity contribution in [2.75, 3.05) is 20.1 Å². The Bertz CT molecular complexity index is 142. The van der Waals surface area contributed by atoms with Crippen LogP contribution < -0.4 is 0 Å². The number of rotatable bonds is 3. The number of nitrogens with zero attached hydrogens (tertiary/aromatic N) is 1. The second kappa shape index (κ2) is 12.7. The average Bonchev–Trinajstić information content (AvgIpc) is 2.81. The fraction of sp³-hybridized carbons (Fsp3) is 0.929. The summed E-state index contributed by atoms with van der Waals surface area (Å²) in [4.78, 5) is 12.5. The van der Waals surface area contributed by atoms with Crippen molar-refractivity contribution in [2.24, 2.45) is 11.8 Å². The van der Waals surface area contributed by atoms with Crippen molar-refractivity contribution in [3.63, 3.8) is 0 Å². The summed E-state index contributed by atoms with van der Waals surface area (Å²) < 4.78 is 0. The predicted octanol–water partition coefficient (Wildman–Crippen LogP) is 3.61. The third-order valence-electron chi connectivity index (χ3n) is 3.09. The highest BCUT2D eigenvalue weighted by Gasteiger charge is 2.06. The molecule has 0 radical (unpaired) electrons. The van der Waals surface area contributed by atoms with E-state index in [9.17, 15) is 4.79 Å². The molecule has 2 unspecified atom stereocenters. The Hall–Kier alpha value is -0.370. The zero-order valence-corrected chi connectivity index (χ0v) is 12.1. The number of aldehydes is 1. The lowest BCUT2D eigenvalue weighted by molar-refractivity contribution is -0.111. The first kappa shape index (κ1) is 18.0. The first-order valence-corrected chi connectivity index (χ1v) is 6.75. The SMILES string of the molecule is CC.CCC(C)C(C)C=O.CN1CCCC1. The number of hydrogen-bond acceptors (Lipinski definition) is 2. The largest absolute Gasteiger partial charge is 0.306 e. The van der Waals surface area contributed by atoms with Crippen molar-refractivity contribution in [3.05, 3.63) is 0 Å². The molecule has 1 aliphatic heterocycles. The van der Waals surface area contributed by atoms with E-state index in [0.717, 1.165) is 12.7 Å². The van der Waals surface area contributed by atoms with Gasteiger partial charge in [-0.05, 0) is 38.9 Å². The summed E-state index contributed by atoms with van der Waals surface area (Å²) in [5, 5.41) is 0. The van der Waals surface area contributed by atoms with E-state index in [4.69, 9.17) is 0 Å². The Balaban J connectivity index is 0. The van der Waals surface area contributed by atoms with Gasteiger partial charge in [-0.25, -0.2) is 0 Å². The molecule has 0 aromatic carbocycles. The molecule has 1 fully saturated rings. The third kappa shape index (κ3) is 10.2. The molecule has 0 N–H and O–H groups in total. The first-order chi connectivity index (χ1) is 7.61. The van der Waals surface area contributed by atoms with E-state index in [-0.39, 0.29) is 5.92 Å². The van der Waals surface area contributed by atoms with Gasteiger partial charge in [0.15, 0.2) is 0 Å². The minimum absolute atomic E-state index is 0.236. The monoisotopic (exact) mass is 229 g/mol. The highest BCUT2D eigenvalue weighted by molar-refractivity contribution is 5.53. The quantitative estimate of drug-likeness (QED) is 0.689. The maximum atomic E-state index is 10.1. The van der Waals surface area contributed by atoms with Gasteiger partial charge in [-0.1, -0.05) is 41.0 Å². The van der Waals surface area contributed by atoms with Crippen molar-refractivity contribution in [3.8, 4) is 0 Å². The summed E-state index contributed by atoms with van der Waals surface area (Å²) in [6.07, 6.45) is 4.95. The van der Waals surface area contributed by atoms with Gasteiger partial charge in [0.25, 0.3) is 0 Å². The molecular weight excluding hydrogens is 198 g/mol. The standard InChI is InChI=1S/C7H14O.C5H11N.C2H6/c1-4-6(2)7(3)5-8;1-6-4-2-3-5-6;1-2/h5-7H,4H2,1-3H3;2-5H2,1H3;1-2H3. The molecule has 16 heavy (non-hydrogen) atoms. The molecular formula is C14H31NO. The van der Waals surface area contributed by atoms with Crippen molar-refractivity contribution >= 4 is 6.29 Å². The van der Waals surface area contributed by atoms with Crippen LogP contribution in [0.5, 0.6) is 0 Å². The van der Waals surface area contributed by atoms with E-state index in [2.05, 4.69) is 25.8 Å². The van der Waals surface area contributed by atoms with Gasteiger partial charge in [-0.3, -0.25) is 0 Å². The number of hydrogen-bond donors (Lipinski definition) is 0. The van der Waals surface area contributed by atoms with Gasteiger partial charge in [0, 0.05) is 5.92 Å². The first-order valence-electron chi connectivity index (χ1n) is 6.75. The molecule has 0 amide bonds. The predicted molar refractivity (Wildman–Crippen MR) is 72.8 cm³/mol. The van der Waals surface area contributed by atoms with Crippen LogP contribution in [-0.4, -0.2) is 31.3 Å². The highest BCUT2D eigenvalue weighted by Crippen LogP contribution is 2.10. The van der Waals surface area contributed by atoms with Gasteiger partial charge in [0.05, 0.1) is 0 Å². The summed E-state index contributed by atoms with van der Waals surface area (Å²) in [6, 6.07) is 0. The molecule has 0 aliphatic carbocycles. The van der Waals surface area contributed by atoms with E-state index in [1.807, 2.05) is 20.8 Å². The second-order valence-corrected chi connectivity index (χ2v) is 4.39. The normalized spacial score (nSPS) is 18.6. The van der Waals surface area contributed by atoms with Gasteiger partial charge in [-0.2, -0.15) is 0 Å². The smallest absolute Gasteiger partial charge is 0.123 e. The van der Waals surface area contributed by atoms with Gasteiger partial charge in [-0.15, -0.1) is 0 Å². The fourth-order valence-electron chi connectivity index (χ4n) is 1.38. The Morgan fingerprint density at radius 3 is 1.75 bits per heavy atom. The van der Waals surface area contributed by atoms with E-state index < -0.39 is 0 Å². The third-order valence-corrected chi connectivity index (χ3v) is 3.09. The van der Waals surface area contributed by atoms with Crippen LogP contribution in [0.4, 0.5) is 0 Å². The number of carbonyl (C=O) groups is 1. The Morgan fingerprint density at radius 1 is 1.19 bits per heavy atom.